The number of urea groups is 1. The van der Waals surface area contributed by atoms with Crippen molar-refractivity contribution in [2.24, 2.45) is 11.7 Å². The molecular formula is C16H23N3O2. The fraction of sp³-hybridized carbons (Fsp3) is 0.500. The first-order valence-corrected chi connectivity index (χ1v) is 7.60. The molecule has 1 aromatic carbocycles. The molecule has 5 heteroatoms. The fourth-order valence-corrected chi connectivity index (χ4v) is 2.85. The molecule has 21 heavy (non-hydrogen) atoms. The molecule has 1 aliphatic carbocycles. The summed E-state index contributed by atoms with van der Waals surface area (Å²) in [6, 6.07) is 6.14. The zero-order valence-electron chi connectivity index (χ0n) is 12.2. The Bertz CT molecular complexity index is 496. The number of hydrogen-bond acceptors (Lipinski definition) is 2. The number of nitrogens with two attached hydrogens (primary N) is 1. The van der Waals surface area contributed by atoms with E-state index in [1.165, 1.54) is 32.1 Å². The van der Waals surface area contributed by atoms with Crippen LogP contribution in [-0.2, 0) is 0 Å². The van der Waals surface area contributed by atoms with E-state index >= 15 is 0 Å². The van der Waals surface area contributed by atoms with Gasteiger partial charge in [0, 0.05) is 17.8 Å². The molecule has 0 radical (unpaired) electrons. The highest BCUT2D eigenvalue weighted by atomic mass is 16.2. The molecule has 1 saturated carbocycles. The predicted molar refractivity (Wildman–Crippen MR) is 83.2 cm³/mol. The van der Waals surface area contributed by atoms with Gasteiger partial charge >= 0.3 is 6.03 Å². The van der Waals surface area contributed by atoms with E-state index in [0.29, 0.717) is 17.8 Å². The predicted octanol–water partition coefficient (Wildman–Crippen LogP) is 2.88. The van der Waals surface area contributed by atoms with Crippen LogP contribution >= 0.6 is 0 Å². The Labute approximate surface area is 125 Å². The highest BCUT2D eigenvalue weighted by Crippen LogP contribution is 2.25. The molecule has 0 heterocycles. The van der Waals surface area contributed by atoms with Gasteiger partial charge in [-0.2, -0.15) is 0 Å². The van der Waals surface area contributed by atoms with Crippen LogP contribution in [0.5, 0.6) is 0 Å². The average Bonchev–Trinajstić information content (AvgIpc) is 2.48. The zero-order valence-corrected chi connectivity index (χ0v) is 12.2. The Morgan fingerprint density at radius 1 is 1.19 bits per heavy atom. The van der Waals surface area contributed by atoms with Crippen molar-refractivity contribution in [2.45, 2.75) is 38.5 Å². The van der Waals surface area contributed by atoms with E-state index < -0.39 is 6.03 Å². The minimum Gasteiger partial charge on any atom is -0.352 e. The van der Waals surface area contributed by atoms with Crippen LogP contribution in [0.15, 0.2) is 24.3 Å². The van der Waals surface area contributed by atoms with Gasteiger partial charge in [-0.1, -0.05) is 38.2 Å². The van der Waals surface area contributed by atoms with Gasteiger partial charge in [-0.25, -0.2) is 4.79 Å². The summed E-state index contributed by atoms with van der Waals surface area (Å²) in [5.74, 6) is 0.640. The molecule has 0 spiro atoms. The molecule has 114 valence electrons. The first-order chi connectivity index (χ1) is 10.1. The Kier molecular flexibility index (Phi) is 5.60. The summed E-state index contributed by atoms with van der Waals surface area (Å²) < 4.78 is 0. The van der Waals surface area contributed by atoms with E-state index in [4.69, 9.17) is 5.73 Å². The maximum Gasteiger partial charge on any atom is 0.316 e. The average molecular weight is 289 g/mol. The normalized spacial score (nSPS) is 15.4. The lowest BCUT2D eigenvalue weighted by Crippen LogP contribution is -2.26. The first kappa shape index (κ1) is 15.4. The number of carbonyl (C=O) groups excluding carboxylic acids is 2. The molecule has 0 bridgehead atoms. The molecule has 0 aromatic heterocycles. The molecule has 0 unspecified atom stereocenters. The van der Waals surface area contributed by atoms with Gasteiger partial charge in [0.25, 0.3) is 5.91 Å². The van der Waals surface area contributed by atoms with Crippen molar-refractivity contribution in [1.82, 2.24) is 5.32 Å². The largest absolute Gasteiger partial charge is 0.352 e. The highest BCUT2D eigenvalue weighted by Gasteiger charge is 2.13. The maximum absolute atomic E-state index is 12.1. The van der Waals surface area contributed by atoms with Crippen LogP contribution in [-0.4, -0.2) is 18.5 Å². The Balaban J connectivity index is 1.80. The van der Waals surface area contributed by atoms with Crippen molar-refractivity contribution in [1.29, 1.82) is 0 Å². The minimum absolute atomic E-state index is 0.112. The molecule has 0 aliphatic heterocycles. The van der Waals surface area contributed by atoms with Gasteiger partial charge in [-0.05, 0) is 30.5 Å². The van der Waals surface area contributed by atoms with Crippen molar-refractivity contribution in [3.63, 3.8) is 0 Å². The van der Waals surface area contributed by atoms with E-state index in [1.54, 1.807) is 24.3 Å². The van der Waals surface area contributed by atoms with E-state index in [9.17, 15) is 9.59 Å². The summed E-state index contributed by atoms with van der Waals surface area (Å²) in [4.78, 5) is 22.9. The van der Waals surface area contributed by atoms with Crippen LogP contribution in [0.25, 0.3) is 0 Å². The molecule has 1 aromatic rings. The third-order valence-electron chi connectivity index (χ3n) is 3.96. The number of carbonyl (C=O) groups is 2. The number of amides is 3. The van der Waals surface area contributed by atoms with Crippen molar-refractivity contribution in [2.75, 3.05) is 11.9 Å². The van der Waals surface area contributed by atoms with Crippen molar-refractivity contribution in [3.8, 4) is 0 Å². The van der Waals surface area contributed by atoms with Gasteiger partial charge in [0.2, 0.25) is 0 Å². The van der Waals surface area contributed by atoms with Crippen LogP contribution in [0, 0.1) is 5.92 Å². The molecule has 4 N–H and O–H groups in total. The summed E-state index contributed by atoms with van der Waals surface area (Å²) >= 11 is 0. The molecule has 1 fully saturated rings. The van der Waals surface area contributed by atoms with Crippen molar-refractivity contribution in [3.05, 3.63) is 29.8 Å². The van der Waals surface area contributed by atoms with Gasteiger partial charge in [-0.3, -0.25) is 4.79 Å². The lowest BCUT2D eigenvalue weighted by molar-refractivity contribution is 0.0950. The lowest BCUT2D eigenvalue weighted by Gasteiger charge is -2.21. The Morgan fingerprint density at radius 3 is 2.67 bits per heavy atom. The molecule has 2 rings (SSSR count). The summed E-state index contributed by atoms with van der Waals surface area (Å²) in [5, 5.41) is 5.41. The number of primary amides is 1. The van der Waals surface area contributed by atoms with E-state index in [0.717, 1.165) is 12.3 Å². The minimum atomic E-state index is -0.634. The third-order valence-corrected chi connectivity index (χ3v) is 3.96. The van der Waals surface area contributed by atoms with Gasteiger partial charge in [0.15, 0.2) is 0 Å². The Hall–Kier alpha value is -2.04. The summed E-state index contributed by atoms with van der Waals surface area (Å²) in [6.45, 7) is 0.705. The van der Waals surface area contributed by atoms with E-state index in [1.807, 2.05) is 0 Å². The van der Waals surface area contributed by atoms with Crippen molar-refractivity contribution < 1.29 is 9.59 Å². The lowest BCUT2D eigenvalue weighted by atomic mass is 9.87. The zero-order chi connectivity index (χ0) is 15.1. The van der Waals surface area contributed by atoms with Gasteiger partial charge < -0.3 is 16.4 Å². The van der Waals surface area contributed by atoms with Crippen molar-refractivity contribution >= 4 is 17.6 Å². The van der Waals surface area contributed by atoms with E-state index in [2.05, 4.69) is 10.6 Å². The summed E-state index contributed by atoms with van der Waals surface area (Å²) in [5.41, 5.74) is 6.13. The Morgan fingerprint density at radius 2 is 1.95 bits per heavy atom. The summed E-state index contributed by atoms with van der Waals surface area (Å²) in [6.07, 6.45) is 7.61. The second kappa shape index (κ2) is 7.67. The molecule has 5 nitrogen and oxygen atoms in total. The van der Waals surface area contributed by atoms with Crippen LogP contribution < -0.4 is 16.4 Å². The van der Waals surface area contributed by atoms with Gasteiger partial charge in [0.05, 0.1) is 0 Å². The smallest absolute Gasteiger partial charge is 0.316 e. The standard InChI is InChI=1S/C16H23N3O2/c17-16(21)19-14-8-4-7-13(11-14)15(20)18-10-9-12-5-2-1-3-6-12/h4,7-8,11-12H,1-3,5-6,9-10H2,(H,18,20)(H3,17,19,21). The number of rotatable bonds is 5. The highest BCUT2D eigenvalue weighted by molar-refractivity contribution is 5.96. The third kappa shape index (κ3) is 5.10. The van der Waals surface area contributed by atoms with Gasteiger partial charge in [0.1, 0.15) is 0 Å². The molecule has 1 aliphatic rings. The monoisotopic (exact) mass is 289 g/mol. The molecule has 0 saturated heterocycles. The van der Waals surface area contributed by atoms with Gasteiger partial charge in [-0.15, -0.1) is 0 Å². The summed E-state index contributed by atoms with van der Waals surface area (Å²) in [7, 11) is 0. The first-order valence-electron chi connectivity index (χ1n) is 7.60. The second-order valence-corrected chi connectivity index (χ2v) is 5.62. The van der Waals surface area contributed by atoms with E-state index in [-0.39, 0.29) is 5.91 Å². The topological polar surface area (TPSA) is 84.2 Å². The van der Waals surface area contributed by atoms with Crippen LogP contribution in [0.3, 0.4) is 0 Å². The SMILES string of the molecule is NC(=O)Nc1cccc(C(=O)NCCC2CCCCC2)c1. The molecular weight excluding hydrogens is 266 g/mol. The molecule has 3 amide bonds. The number of benzene rings is 1. The number of nitrogens with one attached hydrogen (secondary N) is 2. The molecule has 0 atom stereocenters. The maximum atomic E-state index is 12.1. The van der Waals surface area contributed by atoms with Crippen LogP contribution in [0.1, 0.15) is 48.9 Å². The van der Waals surface area contributed by atoms with Crippen LogP contribution in [0.4, 0.5) is 10.5 Å². The second-order valence-electron chi connectivity index (χ2n) is 5.62. The fourth-order valence-electron chi connectivity index (χ4n) is 2.85. The number of hydrogen-bond donors (Lipinski definition) is 3. The quantitative estimate of drug-likeness (QED) is 0.778. The number of anilines is 1. The van der Waals surface area contributed by atoms with Crippen LogP contribution in [0.2, 0.25) is 0 Å².